The van der Waals surface area contributed by atoms with E-state index in [2.05, 4.69) is 21.8 Å². The number of nitrogens with two attached hydrogens (primary N) is 1. The van der Waals surface area contributed by atoms with Gasteiger partial charge in [0.25, 0.3) is 0 Å². The lowest BCUT2D eigenvalue weighted by Crippen LogP contribution is -2.25. The number of anilines is 1. The lowest BCUT2D eigenvalue weighted by atomic mass is 10.2. The highest BCUT2D eigenvalue weighted by Gasteiger charge is 2.12. The van der Waals surface area contributed by atoms with E-state index in [0.717, 1.165) is 24.3 Å². The number of aromatic nitrogens is 2. The third-order valence-electron chi connectivity index (χ3n) is 2.91. The average molecular weight is 272 g/mol. The Morgan fingerprint density at radius 3 is 2.53 bits per heavy atom. The fourth-order valence-corrected chi connectivity index (χ4v) is 2.09. The van der Waals surface area contributed by atoms with Crippen LogP contribution in [0.3, 0.4) is 0 Å². The molecule has 0 unspecified atom stereocenters. The van der Waals surface area contributed by atoms with Gasteiger partial charge in [-0.05, 0) is 30.7 Å². The highest BCUT2D eigenvalue weighted by atomic mass is 32.1. The van der Waals surface area contributed by atoms with Crippen molar-refractivity contribution in [3.05, 3.63) is 54.1 Å². The largest absolute Gasteiger partial charge is 0.389 e. The van der Waals surface area contributed by atoms with Crippen LogP contribution in [0.1, 0.15) is 18.1 Å². The van der Waals surface area contributed by atoms with E-state index in [1.165, 1.54) is 5.56 Å². The van der Waals surface area contributed by atoms with Crippen molar-refractivity contribution in [2.24, 2.45) is 5.73 Å². The number of rotatable bonds is 5. The topological polar surface area (TPSA) is 55.0 Å². The molecule has 0 bridgehead atoms. The Kier molecular flexibility index (Phi) is 4.41. The van der Waals surface area contributed by atoms with Gasteiger partial charge in [0.15, 0.2) is 0 Å². The van der Waals surface area contributed by atoms with Gasteiger partial charge in [0.05, 0.1) is 11.9 Å². The van der Waals surface area contributed by atoms with Crippen LogP contribution in [0.25, 0.3) is 0 Å². The average Bonchev–Trinajstić information content (AvgIpc) is 2.46. The summed E-state index contributed by atoms with van der Waals surface area (Å²) >= 11 is 5.09. The van der Waals surface area contributed by atoms with Crippen molar-refractivity contribution in [1.29, 1.82) is 0 Å². The van der Waals surface area contributed by atoms with Crippen LogP contribution >= 0.6 is 12.2 Å². The molecule has 2 aromatic rings. The second kappa shape index (κ2) is 6.24. The molecule has 2 rings (SSSR count). The van der Waals surface area contributed by atoms with Gasteiger partial charge < -0.3 is 10.6 Å². The van der Waals surface area contributed by atoms with Gasteiger partial charge >= 0.3 is 0 Å². The standard InChI is InChI=1S/C14H16N4S/c1-2-18(10-11-3-6-16-7-4-11)13-9-17-8-5-12(13)14(15)19/h3-9H,2,10H2,1H3,(H2,15,19). The van der Waals surface area contributed by atoms with Crippen LogP contribution in [-0.4, -0.2) is 21.5 Å². The number of thiocarbonyl (C=S) groups is 1. The smallest absolute Gasteiger partial charge is 0.106 e. The summed E-state index contributed by atoms with van der Waals surface area (Å²) in [5.74, 6) is 0. The predicted molar refractivity (Wildman–Crippen MR) is 81.1 cm³/mol. The van der Waals surface area contributed by atoms with Gasteiger partial charge in [0.1, 0.15) is 4.99 Å². The predicted octanol–water partition coefficient (Wildman–Crippen LogP) is 2.14. The number of nitrogens with zero attached hydrogens (tertiary/aromatic N) is 3. The van der Waals surface area contributed by atoms with E-state index in [4.69, 9.17) is 18.0 Å². The third-order valence-corrected chi connectivity index (χ3v) is 3.13. The molecule has 0 radical (unpaired) electrons. The maximum absolute atomic E-state index is 5.77. The fourth-order valence-electron chi connectivity index (χ4n) is 1.92. The Hall–Kier alpha value is -2.01. The molecule has 0 fully saturated rings. The lowest BCUT2D eigenvalue weighted by Gasteiger charge is -2.25. The van der Waals surface area contributed by atoms with Crippen molar-refractivity contribution >= 4 is 22.9 Å². The maximum Gasteiger partial charge on any atom is 0.106 e. The molecule has 2 heterocycles. The van der Waals surface area contributed by atoms with E-state index in [0.29, 0.717) is 4.99 Å². The van der Waals surface area contributed by atoms with E-state index in [-0.39, 0.29) is 0 Å². The Morgan fingerprint density at radius 1 is 1.21 bits per heavy atom. The summed E-state index contributed by atoms with van der Waals surface area (Å²) in [5.41, 5.74) is 8.79. The molecule has 4 nitrogen and oxygen atoms in total. The minimum Gasteiger partial charge on any atom is -0.389 e. The Morgan fingerprint density at radius 2 is 1.89 bits per heavy atom. The van der Waals surface area contributed by atoms with Gasteiger partial charge in [-0.25, -0.2) is 0 Å². The molecule has 0 amide bonds. The number of hydrogen-bond acceptors (Lipinski definition) is 4. The normalized spacial score (nSPS) is 10.2. The molecule has 0 saturated carbocycles. The zero-order valence-electron chi connectivity index (χ0n) is 10.8. The van der Waals surface area contributed by atoms with Crippen LogP contribution in [0.4, 0.5) is 5.69 Å². The summed E-state index contributed by atoms with van der Waals surface area (Å²) in [6, 6.07) is 5.85. The zero-order chi connectivity index (χ0) is 13.7. The zero-order valence-corrected chi connectivity index (χ0v) is 11.6. The summed E-state index contributed by atoms with van der Waals surface area (Å²) < 4.78 is 0. The first kappa shape index (κ1) is 13.4. The first-order chi connectivity index (χ1) is 9.22. The second-order valence-electron chi connectivity index (χ2n) is 4.13. The summed E-state index contributed by atoms with van der Waals surface area (Å²) in [6.45, 7) is 3.72. The summed E-state index contributed by atoms with van der Waals surface area (Å²) in [6.07, 6.45) is 7.10. The van der Waals surface area contributed by atoms with Gasteiger partial charge in [-0.1, -0.05) is 12.2 Å². The molecule has 0 spiro atoms. The molecule has 0 atom stereocenters. The molecule has 0 aliphatic rings. The molecule has 2 aromatic heterocycles. The van der Waals surface area contributed by atoms with Crippen LogP contribution in [0.5, 0.6) is 0 Å². The Labute approximate surface area is 118 Å². The highest BCUT2D eigenvalue weighted by molar-refractivity contribution is 7.80. The summed E-state index contributed by atoms with van der Waals surface area (Å²) in [4.78, 5) is 10.8. The maximum atomic E-state index is 5.77. The fraction of sp³-hybridized carbons (Fsp3) is 0.214. The summed E-state index contributed by atoms with van der Waals surface area (Å²) in [7, 11) is 0. The molecule has 2 N–H and O–H groups in total. The minimum absolute atomic E-state index is 0.394. The van der Waals surface area contributed by atoms with Crippen LogP contribution in [0.15, 0.2) is 43.0 Å². The molecule has 5 heteroatoms. The van der Waals surface area contributed by atoms with E-state index in [1.54, 1.807) is 24.8 Å². The van der Waals surface area contributed by atoms with E-state index in [9.17, 15) is 0 Å². The molecular weight excluding hydrogens is 256 g/mol. The van der Waals surface area contributed by atoms with Gasteiger partial charge in [-0.3, -0.25) is 9.97 Å². The Bertz CT molecular complexity index is 556. The molecule has 19 heavy (non-hydrogen) atoms. The molecule has 0 saturated heterocycles. The monoisotopic (exact) mass is 272 g/mol. The van der Waals surface area contributed by atoms with Crippen LogP contribution in [-0.2, 0) is 6.54 Å². The molecular formula is C14H16N4S. The third kappa shape index (κ3) is 3.26. The van der Waals surface area contributed by atoms with Crippen molar-refractivity contribution in [3.8, 4) is 0 Å². The molecule has 98 valence electrons. The van der Waals surface area contributed by atoms with Crippen molar-refractivity contribution in [3.63, 3.8) is 0 Å². The summed E-state index contributed by atoms with van der Waals surface area (Å²) in [5, 5.41) is 0. The van der Waals surface area contributed by atoms with Crippen molar-refractivity contribution in [1.82, 2.24) is 9.97 Å². The highest BCUT2D eigenvalue weighted by Crippen LogP contribution is 2.21. The van der Waals surface area contributed by atoms with Crippen LogP contribution in [0, 0.1) is 0 Å². The van der Waals surface area contributed by atoms with Crippen LogP contribution < -0.4 is 10.6 Å². The Balaban J connectivity index is 2.30. The number of pyridine rings is 2. The van der Waals surface area contributed by atoms with Gasteiger partial charge in [-0.2, -0.15) is 0 Å². The van der Waals surface area contributed by atoms with Gasteiger partial charge in [0.2, 0.25) is 0 Å². The minimum atomic E-state index is 0.394. The van der Waals surface area contributed by atoms with E-state index >= 15 is 0 Å². The number of hydrogen-bond donors (Lipinski definition) is 1. The van der Waals surface area contributed by atoms with E-state index in [1.807, 2.05) is 18.2 Å². The quantitative estimate of drug-likeness (QED) is 0.845. The second-order valence-corrected chi connectivity index (χ2v) is 4.57. The lowest BCUT2D eigenvalue weighted by molar-refractivity contribution is 0.826. The molecule has 0 aliphatic carbocycles. The molecule has 0 aromatic carbocycles. The van der Waals surface area contributed by atoms with Crippen molar-refractivity contribution < 1.29 is 0 Å². The van der Waals surface area contributed by atoms with Gasteiger partial charge in [-0.15, -0.1) is 0 Å². The van der Waals surface area contributed by atoms with E-state index < -0.39 is 0 Å². The first-order valence-electron chi connectivity index (χ1n) is 6.10. The van der Waals surface area contributed by atoms with Crippen molar-refractivity contribution in [2.45, 2.75) is 13.5 Å². The molecule has 0 aliphatic heterocycles. The SMILES string of the molecule is CCN(Cc1ccncc1)c1cnccc1C(N)=S. The van der Waals surface area contributed by atoms with Crippen molar-refractivity contribution in [2.75, 3.05) is 11.4 Å². The first-order valence-corrected chi connectivity index (χ1v) is 6.51. The van der Waals surface area contributed by atoms with Gasteiger partial charge in [0, 0.05) is 37.2 Å². The van der Waals surface area contributed by atoms with Crippen LogP contribution in [0.2, 0.25) is 0 Å².